The Bertz CT molecular complexity index is 136. The van der Waals surface area contributed by atoms with Gasteiger partial charge in [-0.3, -0.25) is 0 Å². The highest BCUT2D eigenvalue weighted by Gasteiger charge is 2.15. The molecule has 0 aromatic rings. The zero-order valence-electron chi connectivity index (χ0n) is 7.62. The summed E-state index contributed by atoms with van der Waals surface area (Å²) in [5.41, 5.74) is 5.45. The molecule has 72 valence electrons. The van der Waals surface area contributed by atoms with Crippen LogP contribution in [0, 0.1) is 0 Å². The first kappa shape index (κ1) is 11.4. The normalized spacial score (nSPS) is 15.3. The number of ether oxygens (including phenoxy) is 1. The van der Waals surface area contributed by atoms with Gasteiger partial charge < -0.3 is 15.6 Å². The van der Waals surface area contributed by atoms with Crippen molar-refractivity contribution in [2.75, 3.05) is 6.61 Å². The van der Waals surface area contributed by atoms with Crippen molar-refractivity contribution in [2.24, 2.45) is 5.73 Å². The number of carbonyl (C=O) groups excluding carboxylic acids is 1. The Hall–Kier alpha value is -0.610. The Balaban J connectivity index is 3.56. The van der Waals surface area contributed by atoms with Crippen LogP contribution in [0.1, 0.15) is 26.7 Å². The number of nitrogens with two attached hydrogens (primary N) is 1. The van der Waals surface area contributed by atoms with Gasteiger partial charge in [0.1, 0.15) is 0 Å². The van der Waals surface area contributed by atoms with Crippen molar-refractivity contribution in [3.8, 4) is 0 Å². The Kier molecular flexibility index (Phi) is 5.66. The van der Waals surface area contributed by atoms with Crippen LogP contribution in [-0.4, -0.2) is 29.8 Å². The second-order valence-electron chi connectivity index (χ2n) is 2.82. The van der Waals surface area contributed by atoms with E-state index in [1.54, 1.807) is 6.92 Å². The third kappa shape index (κ3) is 5.09. The lowest BCUT2D eigenvalue weighted by atomic mass is 10.1. The van der Waals surface area contributed by atoms with E-state index in [-0.39, 0.29) is 6.04 Å². The van der Waals surface area contributed by atoms with Crippen LogP contribution in [0.25, 0.3) is 0 Å². The molecule has 3 N–H and O–H groups in total. The van der Waals surface area contributed by atoms with E-state index in [0.717, 1.165) is 0 Å². The van der Waals surface area contributed by atoms with Crippen LogP contribution in [0.3, 0.4) is 0 Å². The molecule has 0 aliphatic carbocycles. The average molecular weight is 175 g/mol. The van der Waals surface area contributed by atoms with Crippen molar-refractivity contribution in [2.45, 2.75) is 38.8 Å². The van der Waals surface area contributed by atoms with Gasteiger partial charge >= 0.3 is 5.97 Å². The Morgan fingerprint density at radius 3 is 2.58 bits per heavy atom. The number of esters is 1. The molecular formula is C8H17NO3. The quantitative estimate of drug-likeness (QED) is 0.578. The van der Waals surface area contributed by atoms with Gasteiger partial charge in [0.05, 0.1) is 6.61 Å². The lowest BCUT2D eigenvalue weighted by Gasteiger charge is -2.10. The molecule has 0 amide bonds. The molecule has 2 atom stereocenters. The first-order chi connectivity index (χ1) is 5.57. The van der Waals surface area contributed by atoms with Crippen LogP contribution < -0.4 is 5.73 Å². The molecule has 0 bridgehead atoms. The highest BCUT2D eigenvalue weighted by molar-refractivity contribution is 5.74. The topological polar surface area (TPSA) is 72.5 Å². The Morgan fingerprint density at radius 2 is 2.17 bits per heavy atom. The summed E-state index contributed by atoms with van der Waals surface area (Å²) >= 11 is 0. The smallest absolute Gasteiger partial charge is 0.334 e. The molecule has 0 rings (SSSR count). The molecule has 4 heteroatoms. The fourth-order valence-electron chi connectivity index (χ4n) is 0.777. The molecule has 2 unspecified atom stereocenters. The fourth-order valence-corrected chi connectivity index (χ4v) is 0.777. The minimum Gasteiger partial charge on any atom is -0.464 e. The summed E-state index contributed by atoms with van der Waals surface area (Å²) in [6.07, 6.45) is -0.0211. The second kappa shape index (κ2) is 5.97. The predicted octanol–water partition coefficient (Wildman–Crippen LogP) is 0.0378. The van der Waals surface area contributed by atoms with E-state index >= 15 is 0 Å². The van der Waals surface area contributed by atoms with E-state index in [1.807, 2.05) is 6.92 Å². The van der Waals surface area contributed by atoms with Crippen LogP contribution in [0.5, 0.6) is 0 Å². The summed E-state index contributed by atoms with van der Waals surface area (Å²) in [4.78, 5) is 10.8. The standard InChI is InChI=1S/C8H17NO3/c1-3-12-8(11)7(10)5-4-6(2)9/h6-7,10H,3-5,9H2,1-2H3. The largest absolute Gasteiger partial charge is 0.464 e. The van der Waals surface area contributed by atoms with Crippen LogP contribution in [0.15, 0.2) is 0 Å². The Morgan fingerprint density at radius 1 is 1.58 bits per heavy atom. The van der Waals surface area contributed by atoms with Crippen LogP contribution in [0.2, 0.25) is 0 Å². The van der Waals surface area contributed by atoms with Gasteiger partial charge in [-0.25, -0.2) is 4.79 Å². The van der Waals surface area contributed by atoms with Gasteiger partial charge in [-0.1, -0.05) is 0 Å². The molecule has 0 heterocycles. The number of aliphatic hydroxyl groups is 1. The fraction of sp³-hybridized carbons (Fsp3) is 0.875. The molecule has 0 fully saturated rings. The molecular weight excluding hydrogens is 158 g/mol. The highest BCUT2D eigenvalue weighted by Crippen LogP contribution is 2.01. The molecule has 0 saturated carbocycles. The first-order valence-electron chi connectivity index (χ1n) is 4.18. The summed E-state index contributed by atoms with van der Waals surface area (Å²) in [6.45, 7) is 3.84. The van der Waals surface area contributed by atoms with E-state index < -0.39 is 12.1 Å². The lowest BCUT2D eigenvalue weighted by Crippen LogP contribution is -2.26. The Labute approximate surface area is 72.7 Å². The molecule has 0 saturated heterocycles. The lowest BCUT2D eigenvalue weighted by molar-refractivity contribution is -0.153. The maximum Gasteiger partial charge on any atom is 0.334 e. The van der Waals surface area contributed by atoms with Gasteiger partial charge in [-0.05, 0) is 26.7 Å². The van der Waals surface area contributed by atoms with E-state index in [0.29, 0.717) is 19.4 Å². The molecule has 0 radical (unpaired) electrons. The first-order valence-corrected chi connectivity index (χ1v) is 4.18. The SMILES string of the molecule is CCOC(=O)C(O)CCC(C)N. The van der Waals surface area contributed by atoms with Gasteiger partial charge in [0.25, 0.3) is 0 Å². The molecule has 0 aromatic heterocycles. The van der Waals surface area contributed by atoms with Crippen LogP contribution in [-0.2, 0) is 9.53 Å². The van der Waals surface area contributed by atoms with E-state index in [2.05, 4.69) is 4.74 Å². The minimum atomic E-state index is -1.02. The summed E-state index contributed by atoms with van der Waals surface area (Å²) in [5.74, 6) is -0.557. The minimum absolute atomic E-state index is 0.00840. The molecule has 0 aromatic carbocycles. The van der Waals surface area contributed by atoms with Gasteiger partial charge in [0, 0.05) is 6.04 Å². The van der Waals surface area contributed by atoms with Gasteiger partial charge in [-0.2, -0.15) is 0 Å². The number of carbonyl (C=O) groups is 1. The van der Waals surface area contributed by atoms with Gasteiger partial charge in [0.2, 0.25) is 0 Å². The predicted molar refractivity (Wildman–Crippen MR) is 45.5 cm³/mol. The van der Waals surface area contributed by atoms with Crippen LogP contribution in [0.4, 0.5) is 0 Å². The van der Waals surface area contributed by atoms with Crippen molar-refractivity contribution in [3.05, 3.63) is 0 Å². The maximum absolute atomic E-state index is 10.8. The summed E-state index contributed by atoms with van der Waals surface area (Å²) < 4.78 is 4.61. The number of hydrogen-bond donors (Lipinski definition) is 2. The number of aliphatic hydroxyl groups excluding tert-OH is 1. The summed E-state index contributed by atoms with van der Waals surface area (Å²) in [5, 5.41) is 9.17. The van der Waals surface area contributed by atoms with Crippen molar-refractivity contribution in [3.63, 3.8) is 0 Å². The van der Waals surface area contributed by atoms with Crippen molar-refractivity contribution >= 4 is 5.97 Å². The van der Waals surface area contributed by atoms with Crippen molar-refractivity contribution in [1.29, 1.82) is 0 Å². The zero-order chi connectivity index (χ0) is 9.56. The third-order valence-electron chi connectivity index (χ3n) is 1.45. The van der Waals surface area contributed by atoms with Crippen molar-refractivity contribution in [1.82, 2.24) is 0 Å². The summed E-state index contributed by atoms with van der Waals surface area (Å²) in [7, 11) is 0. The van der Waals surface area contributed by atoms with Crippen molar-refractivity contribution < 1.29 is 14.6 Å². The molecule has 0 aliphatic heterocycles. The molecule has 0 aliphatic rings. The monoisotopic (exact) mass is 175 g/mol. The average Bonchev–Trinajstić information content (AvgIpc) is 2.00. The van der Waals surface area contributed by atoms with Crippen LogP contribution >= 0.6 is 0 Å². The van der Waals surface area contributed by atoms with E-state index in [4.69, 9.17) is 10.8 Å². The van der Waals surface area contributed by atoms with E-state index in [1.165, 1.54) is 0 Å². The third-order valence-corrected chi connectivity index (χ3v) is 1.45. The highest BCUT2D eigenvalue weighted by atomic mass is 16.5. The number of rotatable bonds is 5. The number of hydrogen-bond acceptors (Lipinski definition) is 4. The zero-order valence-corrected chi connectivity index (χ0v) is 7.62. The maximum atomic E-state index is 10.8. The van der Waals surface area contributed by atoms with E-state index in [9.17, 15) is 4.79 Å². The summed E-state index contributed by atoms with van der Waals surface area (Å²) in [6, 6.07) is 0.00840. The molecule has 4 nitrogen and oxygen atoms in total. The molecule has 12 heavy (non-hydrogen) atoms. The second-order valence-corrected chi connectivity index (χ2v) is 2.82. The van der Waals surface area contributed by atoms with Gasteiger partial charge in [0.15, 0.2) is 6.10 Å². The molecule has 0 spiro atoms. The van der Waals surface area contributed by atoms with Gasteiger partial charge in [-0.15, -0.1) is 0 Å².